The number of carbonyl (C=O) groups is 1. The van der Waals surface area contributed by atoms with Crippen LogP contribution in [0.2, 0.25) is 5.02 Å². The molecule has 1 amide bonds. The van der Waals surface area contributed by atoms with Crippen molar-refractivity contribution in [1.82, 2.24) is 15.3 Å². The van der Waals surface area contributed by atoms with Gasteiger partial charge in [-0.3, -0.25) is 4.79 Å². The van der Waals surface area contributed by atoms with Crippen molar-refractivity contribution in [3.05, 3.63) is 64.4 Å². The van der Waals surface area contributed by atoms with E-state index in [9.17, 15) is 4.79 Å². The molecule has 2 aliphatic heterocycles. The van der Waals surface area contributed by atoms with Crippen molar-refractivity contribution in [2.24, 2.45) is 4.99 Å². The Morgan fingerprint density at radius 2 is 2.11 bits per heavy atom. The largest absolute Gasteiger partial charge is 0.343 e. The molecule has 2 aromatic heterocycles. The quantitative estimate of drug-likeness (QED) is 0.603. The second kappa shape index (κ2) is 6.05. The summed E-state index contributed by atoms with van der Waals surface area (Å²) >= 11 is 11.6. The number of pyridine rings is 2. The van der Waals surface area contributed by atoms with Crippen molar-refractivity contribution >= 4 is 57.3 Å². The molecular formula is C20H14ClN5OS. The lowest BCUT2D eigenvalue weighted by Crippen LogP contribution is -2.54. The first-order valence-corrected chi connectivity index (χ1v) is 9.49. The molecule has 5 rings (SSSR count). The maximum Gasteiger partial charge on any atom is 0.255 e. The normalized spacial score (nSPS) is 20.7. The SMILES string of the molecule is Cc1nc2ncccc2cc1C1=NC(=S)NC2(C1)C(=O)Nc1ccc(Cl)cc12. The van der Waals surface area contributed by atoms with Gasteiger partial charge in [-0.05, 0) is 55.5 Å². The average Bonchev–Trinajstić information content (AvgIpc) is 2.91. The number of aryl methyl sites for hydroxylation is 1. The molecule has 1 atom stereocenters. The number of halogens is 1. The molecule has 6 nitrogen and oxygen atoms in total. The number of benzene rings is 1. The molecule has 0 bridgehead atoms. The Morgan fingerprint density at radius 1 is 1.25 bits per heavy atom. The fraction of sp³-hybridized carbons (Fsp3) is 0.150. The number of hydrogen-bond donors (Lipinski definition) is 2. The maximum absolute atomic E-state index is 13.0. The molecule has 2 N–H and O–H groups in total. The molecule has 0 fully saturated rings. The van der Waals surface area contributed by atoms with Gasteiger partial charge in [-0.25, -0.2) is 15.0 Å². The van der Waals surface area contributed by atoms with Gasteiger partial charge in [-0.15, -0.1) is 0 Å². The molecule has 138 valence electrons. The molecule has 0 saturated carbocycles. The highest BCUT2D eigenvalue weighted by Gasteiger charge is 2.50. The number of nitrogens with zero attached hydrogens (tertiary/aromatic N) is 3. The van der Waals surface area contributed by atoms with Crippen molar-refractivity contribution in [2.45, 2.75) is 18.9 Å². The summed E-state index contributed by atoms with van der Waals surface area (Å²) in [4.78, 5) is 26.4. The second-order valence-electron chi connectivity index (χ2n) is 6.89. The number of aromatic nitrogens is 2. The molecule has 2 aliphatic rings. The molecular weight excluding hydrogens is 394 g/mol. The Balaban J connectivity index is 1.66. The summed E-state index contributed by atoms with van der Waals surface area (Å²) in [6, 6.07) is 11.2. The van der Waals surface area contributed by atoms with Gasteiger partial charge in [0.2, 0.25) is 0 Å². The van der Waals surface area contributed by atoms with E-state index in [-0.39, 0.29) is 11.0 Å². The Morgan fingerprint density at radius 3 is 2.96 bits per heavy atom. The number of anilines is 1. The van der Waals surface area contributed by atoms with E-state index in [1.807, 2.05) is 25.1 Å². The summed E-state index contributed by atoms with van der Waals surface area (Å²) in [7, 11) is 0. The third kappa shape index (κ3) is 2.51. The molecule has 0 saturated heterocycles. The molecule has 1 unspecified atom stereocenters. The Labute approximate surface area is 171 Å². The zero-order chi connectivity index (χ0) is 19.5. The number of nitrogens with one attached hydrogen (secondary N) is 2. The number of carbonyl (C=O) groups excluding carboxylic acids is 1. The maximum atomic E-state index is 13.0. The van der Waals surface area contributed by atoms with E-state index in [1.54, 1.807) is 24.4 Å². The van der Waals surface area contributed by atoms with Gasteiger partial charge < -0.3 is 10.6 Å². The fourth-order valence-electron chi connectivity index (χ4n) is 3.84. The van der Waals surface area contributed by atoms with Crippen molar-refractivity contribution < 1.29 is 4.79 Å². The lowest BCUT2D eigenvalue weighted by Gasteiger charge is -2.33. The molecule has 8 heteroatoms. The minimum atomic E-state index is -1.04. The molecule has 1 aromatic carbocycles. The van der Waals surface area contributed by atoms with E-state index in [0.717, 1.165) is 27.9 Å². The lowest BCUT2D eigenvalue weighted by atomic mass is 9.83. The number of hydrogen-bond acceptors (Lipinski definition) is 4. The van der Waals surface area contributed by atoms with Gasteiger partial charge in [-0.1, -0.05) is 11.6 Å². The van der Waals surface area contributed by atoms with Crippen molar-refractivity contribution in [1.29, 1.82) is 0 Å². The Bertz CT molecular complexity index is 1220. The Kier molecular flexibility index (Phi) is 3.72. The molecule has 0 aliphatic carbocycles. The van der Waals surface area contributed by atoms with Crippen LogP contribution in [0.15, 0.2) is 47.6 Å². The first kappa shape index (κ1) is 17.2. The van der Waals surface area contributed by atoms with Crippen LogP contribution in [0.4, 0.5) is 5.69 Å². The van der Waals surface area contributed by atoms with Crippen molar-refractivity contribution in [3.63, 3.8) is 0 Å². The summed E-state index contributed by atoms with van der Waals surface area (Å²) in [6.07, 6.45) is 2.05. The highest BCUT2D eigenvalue weighted by atomic mass is 35.5. The van der Waals surface area contributed by atoms with Crippen LogP contribution in [0, 0.1) is 6.92 Å². The zero-order valence-electron chi connectivity index (χ0n) is 14.8. The van der Waals surface area contributed by atoms with E-state index < -0.39 is 5.54 Å². The highest BCUT2D eigenvalue weighted by molar-refractivity contribution is 7.80. The number of fused-ring (bicyclic) bond motifs is 3. The van der Waals surface area contributed by atoms with Gasteiger partial charge in [-0.2, -0.15) is 0 Å². The average molecular weight is 408 g/mol. The summed E-state index contributed by atoms with van der Waals surface area (Å²) in [6.45, 7) is 1.91. The van der Waals surface area contributed by atoms with Gasteiger partial charge in [0.05, 0.1) is 5.71 Å². The molecule has 1 spiro atoms. The van der Waals surface area contributed by atoms with Gasteiger partial charge in [0, 0.05) is 45.5 Å². The second-order valence-corrected chi connectivity index (χ2v) is 7.71. The van der Waals surface area contributed by atoms with Crippen LogP contribution in [-0.2, 0) is 10.3 Å². The number of thiocarbonyl (C=S) groups is 1. The summed E-state index contributed by atoms with van der Waals surface area (Å²) in [5.74, 6) is -0.174. The molecule has 4 heterocycles. The predicted octanol–water partition coefficient (Wildman–Crippen LogP) is 3.51. The smallest absolute Gasteiger partial charge is 0.255 e. The highest BCUT2D eigenvalue weighted by Crippen LogP contribution is 2.42. The van der Waals surface area contributed by atoms with E-state index >= 15 is 0 Å². The number of amides is 1. The van der Waals surface area contributed by atoms with E-state index in [0.29, 0.717) is 22.8 Å². The lowest BCUT2D eigenvalue weighted by molar-refractivity contribution is -0.121. The van der Waals surface area contributed by atoms with Crippen molar-refractivity contribution in [3.8, 4) is 0 Å². The monoisotopic (exact) mass is 407 g/mol. The predicted molar refractivity (Wildman–Crippen MR) is 113 cm³/mol. The van der Waals surface area contributed by atoms with Gasteiger partial charge in [0.25, 0.3) is 5.91 Å². The van der Waals surface area contributed by atoms with E-state index in [4.69, 9.17) is 23.8 Å². The summed E-state index contributed by atoms with van der Waals surface area (Å²) in [5, 5.41) is 7.77. The van der Waals surface area contributed by atoms with Crippen LogP contribution in [0.25, 0.3) is 11.0 Å². The Hall–Kier alpha value is -2.90. The van der Waals surface area contributed by atoms with E-state index in [1.165, 1.54) is 0 Å². The third-order valence-electron chi connectivity index (χ3n) is 5.16. The van der Waals surface area contributed by atoms with Crippen LogP contribution >= 0.6 is 23.8 Å². The standard InChI is InChI=1S/C20H14ClN5OS/c1-10-13(7-11-3-2-6-22-17(11)23-10)16-9-20(26-19(28)25-16)14-8-12(21)4-5-15(14)24-18(20)27/h2-8H,9H2,1H3,(H,24,27)(H,26,28). The van der Waals surface area contributed by atoms with Crippen LogP contribution in [0.5, 0.6) is 0 Å². The fourth-order valence-corrected chi connectivity index (χ4v) is 4.30. The first-order chi connectivity index (χ1) is 13.5. The summed E-state index contributed by atoms with van der Waals surface area (Å²) in [5.41, 5.74) is 3.48. The number of aliphatic imine (C=N–C) groups is 1. The third-order valence-corrected chi connectivity index (χ3v) is 5.59. The van der Waals surface area contributed by atoms with Gasteiger partial charge in [0.1, 0.15) is 0 Å². The van der Waals surface area contributed by atoms with Crippen LogP contribution in [0.3, 0.4) is 0 Å². The van der Waals surface area contributed by atoms with Crippen molar-refractivity contribution in [2.75, 3.05) is 5.32 Å². The molecule has 28 heavy (non-hydrogen) atoms. The van der Waals surface area contributed by atoms with E-state index in [2.05, 4.69) is 25.6 Å². The van der Waals surface area contributed by atoms with Gasteiger partial charge >= 0.3 is 0 Å². The van der Waals surface area contributed by atoms with Gasteiger partial charge in [0.15, 0.2) is 16.3 Å². The molecule has 3 aromatic rings. The minimum absolute atomic E-state index is 0.174. The zero-order valence-corrected chi connectivity index (χ0v) is 16.4. The first-order valence-electron chi connectivity index (χ1n) is 8.70. The summed E-state index contributed by atoms with van der Waals surface area (Å²) < 4.78 is 0. The topological polar surface area (TPSA) is 79.3 Å². The minimum Gasteiger partial charge on any atom is -0.343 e. The van der Waals surface area contributed by atoms with Crippen LogP contribution in [0.1, 0.15) is 23.2 Å². The number of rotatable bonds is 1. The van der Waals surface area contributed by atoms with Crippen LogP contribution < -0.4 is 10.6 Å². The molecule has 0 radical (unpaired) electrons. The van der Waals surface area contributed by atoms with Crippen LogP contribution in [-0.4, -0.2) is 26.7 Å².